The van der Waals surface area contributed by atoms with E-state index >= 15 is 0 Å². The summed E-state index contributed by atoms with van der Waals surface area (Å²) in [6.07, 6.45) is 1.63. The Morgan fingerprint density at radius 3 is 2.74 bits per heavy atom. The highest BCUT2D eigenvalue weighted by Crippen LogP contribution is 2.26. The maximum absolute atomic E-state index is 12.3. The van der Waals surface area contributed by atoms with E-state index < -0.39 is 10.0 Å². The summed E-state index contributed by atoms with van der Waals surface area (Å²) in [6, 6.07) is 0. The van der Waals surface area contributed by atoms with Gasteiger partial charge in [0.25, 0.3) is 0 Å². The lowest BCUT2D eigenvalue weighted by atomic mass is 10.3. The monoisotopic (exact) mass is 306 g/mol. The van der Waals surface area contributed by atoms with Crippen LogP contribution in [0.3, 0.4) is 0 Å². The van der Waals surface area contributed by atoms with E-state index in [0.717, 1.165) is 23.3 Å². The van der Waals surface area contributed by atoms with Crippen molar-refractivity contribution < 1.29 is 13.2 Å². The SMILES string of the molecule is CNCc1scc(C)c1S(=O)(=O)NCCCCOC. The highest BCUT2D eigenvalue weighted by atomic mass is 32.2. The minimum atomic E-state index is -3.41. The number of ether oxygens (including phenoxy) is 1. The van der Waals surface area contributed by atoms with Crippen LogP contribution in [0.5, 0.6) is 0 Å². The van der Waals surface area contributed by atoms with Crippen molar-refractivity contribution in [3.8, 4) is 0 Å². The molecule has 0 amide bonds. The normalized spacial score (nSPS) is 11.9. The van der Waals surface area contributed by atoms with Crippen molar-refractivity contribution in [3.05, 3.63) is 15.8 Å². The molecule has 1 heterocycles. The van der Waals surface area contributed by atoms with Crippen LogP contribution in [-0.2, 0) is 21.3 Å². The van der Waals surface area contributed by atoms with Crippen molar-refractivity contribution in [1.29, 1.82) is 0 Å². The van der Waals surface area contributed by atoms with Gasteiger partial charge in [0.1, 0.15) is 4.90 Å². The Morgan fingerprint density at radius 2 is 2.11 bits per heavy atom. The standard InChI is InChI=1S/C12H22N2O3S2/c1-10-9-18-11(8-13-2)12(10)19(15,16)14-6-4-5-7-17-3/h9,13-14H,4-8H2,1-3H3. The highest BCUT2D eigenvalue weighted by Gasteiger charge is 2.21. The fourth-order valence-corrected chi connectivity index (χ4v) is 4.67. The minimum absolute atomic E-state index is 0.429. The summed E-state index contributed by atoms with van der Waals surface area (Å²) < 4.78 is 32.1. The Kier molecular flexibility index (Phi) is 6.95. The average molecular weight is 306 g/mol. The molecule has 0 spiro atoms. The summed E-state index contributed by atoms with van der Waals surface area (Å²) in [5.41, 5.74) is 0.805. The number of methoxy groups -OCH3 is 1. The second-order valence-corrected chi connectivity index (χ2v) is 6.97. The molecule has 0 bridgehead atoms. The second kappa shape index (κ2) is 7.96. The van der Waals surface area contributed by atoms with Crippen molar-refractivity contribution in [2.24, 2.45) is 0 Å². The van der Waals surface area contributed by atoms with Crippen molar-refractivity contribution in [2.45, 2.75) is 31.2 Å². The summed E-state index contributed by atoms with van der Waals surface area (Å²) >= 11 is 1.47. The molecule has 0 unspecified atom stereocenters. The molecule has 0 aromatic carbocycles. The molecule has 1 rings (SSSR count). The summed E-state index contributed by atoms with van der Waals surface area (Å²) in [4.78, 5) is 1.28. The number of rotatable bonds is 9. The van der Waals surface area contributed by atoms with Crippen LogP contribution < -0.4 is 10.0 Å². The summed E-state index contributed by atoms with van der Waals surface area (Å²) in [7, 11) is 0.0429. The second-order valence-electron chi connectivity index (χ2n) is 4.30. The number of unbranched alkanes of at least 4 members (excludes halogenated alkanes) is 1. The molecule has 1 aromatic heterocycles. The molecule has 0 aliphatic rings. The van der Waals surface area contributed by atoms with E-state index in [0.29, 0.717) is 24.6 Å². The number of hydrogen-bond donors (Lipinski definition) is 2. The lowest BCUT2D eigenvalue weighted by Gasteiger charge is -2.09. The van der Waals surface area contributed by atoms with E-state index in [-0.39, 0.29) is 0 Å². The lowest BCUT2D eigenvalue weighted by molar-refractivity contribution is 0.193. The van der Waals surface area contributed by atoms with Gasteiger partial charge in [0.2, 0.25) is 10.0 Å². The molecule has 0 saturated heterocycles. The first kappa shape index (κ1) is 16.6. The molecule has 0 fully saturated rings. The van der Waals surface area contributed by atoms with E-state index in [1.165, 1.54) is 11.3 Å². The predicted octanol–water partition coefficient (Wildman–Crippen LogP) is 1.48. The molecule has 110 valence electrons. The van der Waals surface area contributed by atoms with Gasteiger partial charge >= 0.3 is 0 Å². The number of thiophene rings is 1. The Balaban J connectivity index is 2.69. The lowest BCUT2D eigenvalue weighted by Crippen LogP contribution is -2.26. The zero-order valence-electron chi connectivity index (χ0n) is 11.7. The number of hydrogen-bond acceptors (Lipinski definition) is 5. The van der Waals surface area contributed by atoms with E-state index in [1.807, 2.05) is 19.4 Å². The first-order valence-corrected chi connectivity index (χ1v) is 8.59. The van der Waals surface area contributed by atoms with Crippen LogP contribution in [0.4, 0.5) is 0 Å². The van der Waals surface area contributed by atoms with Gasteiger partial charge < -0.3 is 10.1 Å². The Hall–Kier alpha value is -0.470. The van der Waals surface area contributed by atoms with Crippen molar-refractivity contribution in [2.75, 3.05) is 27.3 Å². The van der Waals surface area contributed by atoms with E-state index in [9.17, 15) is 8.42 Å². The van der Waals surface area contributed by atoms with Gasteiger partial charge in [0.15, 0.2) is 0 Å². The molecule has 2 N–H and O–H groups in total. The fraction of sp³-hybridized carbons (Fsp3) is 0.667. The zero-order chi connectivity index (χ0) is 14.3. The zero-order valence-corrected chi connectivity index (χ0v) is 13.3. The fourth-order valence-electron chi connectivity index (χ4n) is 1.78. The van der Waals surface area contributed by atoms with Crippen LogP contribution in [0.25, 0.3) is 0 Å². The predicted molar refractivity (Wildman–Crippen MR) is 78.1 cm³/mol. The van der Waals surface area contributed by atoms with Crippen LogP contribution in [0.15, 0.2) is 10.3 Å². The van der Waals surface area contributed by atoms with Crippen LogP contribution >= 0.6 is 11.3 Å². The highest BCUT2D eigenvalue weighted by molar-refractivity contribution is 7.89. The van der Waals surface area contributed by atoms with Gasteiger partial charge in [-0.05, 0) is 37.8 Å². The number of sulfonamides is 1. The Labute approximate surface area is 119 Å². The van der Waals surface area contributed by atoms with Gasteiger partial charge in [-0.3, -0.25) is 0 Å². The molecular weight excluding hydrogens is 284 g/mol. The van der Waals surface area contributed by atoms with Gasteiger partial charge in [0.05, 0.1) is 0 Å². The third-order valence-electron chi connectivity index (χ3n) is 2.66. The summed E-state index contributed by atoms with van der Waals surface area (Å²) in [5, 5.41) is 4.88. The van der Waals surface area contributed by atoms with Gasteiger partial charge in [-0.2, -0.15) is 0 Å². The molecule has 7 heteroatoms. The molecule has 19 heavy (non-hydrogen) atoms. The molecule has 0 atom stereocenters. The van der Waals surface area contributed by atoms with Crippen LogP contribution in [0.2, 0.25) is 0 Å². The smallest absolute Gasteiger partial charge is 0.241 e. The van der Waals surface area contributed by atoms with Gasteiger partial charge in [-0.1, -0.05) is 0 Å². The van der Waals surface area contributed by atoms with E-state index in [2.05, 4.69) is 10.0 Å². The third-order valence-corrected chi connectivity index (χ3v) is 5.59. The van der Waals surface area contributed by atoms with Gasteiger partial charge in [-0.25, -0.2) is 13.1 Å². The van der Waals surface area contributed by atoms with Crippen LogP contribution in [0.1, 0.15) is 23.3 Å². The minimum Gasteiger partial charge on any atom is -0.385 e. The quantitative estimate of drug-likeness (QED) is 0.678. The first-order chi connectivity index (χ1) is 9.03. The van der Waals surface area contributed by atoms with Crippen molar-refractivity contribution in [1.82, 2.24) is 10.0 Å². The Morgan fingerprint density at radius 1 is 1.37 bits per heavy atom. The maximum Gasteiger partial charge on any atom is 0.241 e. The molecule has 5 nitrogen and oxygen atoms in total. The molecule has 0 saturated carbocycles. The number of nitrogens with one attached hydrogen (secondary N) is 2. The average Bonchev–Trinajstić information content (AvgIpc) is 2.71. The van der Waals surface area contributed by atoms with E-state index in [1.54, 1.807) is 7.11 Å². The Bertz CT molecular complexity index is 483. The summed E-state index contributed by atoms with van der Waals surface area (Å²) in [6.45, 7) is 3.50. The van der Waals surface area contributed by atoms with Crippen LogP contribution in [-0.4, -0.2) is 35.7 Å². The van der Waals surface area contributed by atoms with Crippen molar-refractivity contribution in [3.63, 3.8) is 0 Å². The van der Waals surface area contributed by atoms with E-state index in [4.69, 9.17) is 4.74 Å². The van der Waals surface area contributed by atoms with Crippen molar-refractivity contribution >= 4 is 21.4 Å². The molecular formula is C12H22N2O3S2. The van der Waals surface area contributed by atoms with Gasteiger partial charge in [0, 0.05) is 31.7 Å². The third kappa shape index (κ3) is 4.85. The molecule has 0 aliphatic heterocycles. The first-order valence-electron chi connectivity index (χ1n) is 6.23. The largest absolute Gasteiger partial charge is 0.385 e. The van der Waals surface area contributed by atoms with Gasteiger partial charge in [-0.15, -0.1) is 11.3 Å². The number of aryl methyl sites for hydroxylation is 1. The molecule has 0 radical (unpaired) electrons. The topological polar surface area (TPSA) is 67.4 Å². The maximum atomic E-state index is 12.3. The molecule has 0 aliphatic carbocycles. The van der Waals surface area contributed by atoms with Crippen LogP contribution in [0, 0.1) is 6.92 Å². The summed E-state index contributed by atoms with van der Waals surface area (Å²) in [5.74, 6) is 0. The molecule has 1 aromatic rings.